The predicted octanol–water partition coefficient (Wildman–Crippen LogP) is 1.01. The molecule has 3 rings (SSSR count). The van der Waals surface area contributed by atoms with Crippen LogP contribution in [-0.4, -0.2) is 62.7 Å². The molecule has 17 heavy (non-hydrogen) atoms. The lowest BCUT2D eigenvalue weighted by atomic mass is 9.73. The molecule has 0 amide bonds. The molecule has 98 valence electrons. The van der Waals surface area contributed by atoms with Crippen molar-refractivity contribution >= 4 is 0 Å². The van der Waals surface area contributed by atoms with Crippen LogP contribution in [0, 0.1) is 11.3 Å². The summed E-state index contributed by atoms with van der Waals surface area (Å²) in [6.07, 6.45) is 5.71. The van der Waals surface area contributed by atoms with Crippen molar-refractivity contribution in [3.63, 3.8) is 0 Å². The molecule has 3 fully saturated rings. The summed E-state index contributed by atoms with van der Waals surface area (Å²) in [7, 11) is 2.25. The van der Waals surface area contributed by atoms with E-state index in [-0.39, 0.29) is 0 Å². The fourth-order valence-electron chi connectivity index (χ4n) is 3.65. The summed E-state index contributed by atoms with van der Waals surface area (Å²) in [4.78, 5) is 5.21. The molecule has 0 saturated carbocycles. The Morgan fingerprint density at radius 2 is 1.71 bits per heavy atom. The molecule has 3 aliphatic rings. The SMILES string of the molecule is CN1CCC(CN2CCC3(CC2)CNC3)CC1. The number of nitrogens with one attached hydrogen (secondary N) is 1. The number of rotatable bonds is 2. The lowest BCUT2D eigenvalue weighted by Crippen LogP contribution is -2.58. The van der Waals surface area contributed by atoms with Crippen molar-refractivity contribution in [1.82, 2.24) is 15.1 Å². The standard InChI is InChI=1S/C14H27N3/c1-16-6-2-13(3-7-16)10-17-8-4-14(5-9-17)11-15-12-14/h13,15H,2-12H2,1H3. The van der Waals surface area contributed by atoms with Crippen molar-refractivity contribution in [3.05, 3.63) is 0 Å². The van der Waals surface area contributed by atoms with Gasteiger partial charge in [-0.25, -0.2) is 0 Å². The third kappa shape index (κ3) is 2.67. The van der Waals surface area contributed by atoms with Crippen LogP contribution < -0.4 is 5.32 Å². The van der Waals surface area contributed by atoms with Crippen LogP contribution in [-0.2, 0) is 0 Å². The van der Waals surface area contributed by atoms with Gasteiger partial charge in [-0.15, -0.1) is 0 Å². The minimum atomic E-state index is 0.712. The zero-order chi connectivity index (χ0) is 11.7. The van der Waals surface area contributed by atoms with E-state index in [1.165, 1.54) is 71.5 Å². The van der Waals surface area contributed by atoms with Gasteiger partial charge < -0.3 is 15.1 Å². The topological polar surface area (TPSA) is 18.5 Å². The molecule has 0 aromatic carbocycles. The highest BCUT2D eigenvalue weighted by molar-refractivity contribution is 4.96. The molecule has 1 N–H and O–H groups in total. The second-order valence-corrected chi connectivity index (χ2v) is 6.65. The Kier molecular flexibility index (Phi) is 3.42. The van der Waals surface area contributed by atoms with E-state index in [0.717, 1.165) is 5.92 Å². The van der Waals surface area contributed by atoms with Gasteiger partial charge in [0.2, 0.25) is 0 Å². The summed E-state index contributed by atoms with van der Waals surface area (Å²) >= 11 is 0. The number of nitrogens with zero attached hydrogens (tertiary/aromatic N) is 2. The van der Waals surface area contributed by atoms with Crippen LogP contribution in [0.2, 0.25) is 0 Å². The Morgan fingerprint density at radius 1 is 1.06 bits per heavy atom. The second-order valence-electron chi connectivity index (χ2n) is 6.65. The summed E-state index contributed by atoms with van der Waals surface area (Å²) in [6, 6.07) is 0. The first-order valence-electron chi connectivity index (χ1n) is 7.37. The highest BCUT2D eigenvalue weighted by atomic mass is 15.2. The molecular formula is C14H27N3. The highest BCUT2D eigenvalue weighted by Crippen LogP contribution is 2.35. The summed E-state index contributed by atoms with van der Waals surface area (Å²) in [5, 5.41) is 3.45. The van der Waals surface area contributed by atoms with Crippen LogP contribution in [0.3, 0.4) is 0 Å². The van der Waals surface area contributed by atoms with Crippen molar-refractivity contribution in [2.75, 3.05) is 52.9 Å². The fraction of sp³-hybridized carbons (Fsp3) is 1.00. The molecule has 0 bridgehead atoms. The van der Waals surface area contributed by atoms with Crippen molar-refractivity contribution in [1.29, 1.82) is 0 Å². The van der Waals surface area contributed by atoms with Gasteiger partial charge in [0.25, 0.3) is 0 Å². The fourth-order valence-corrected chi connectivity index (χ4v) is 3.65. The van der Waals surface area contributed by atoms with E-state index in [2.05, 4.69) is 22.2 Å². The van der Waals surface area contributed by atoms with Crippen LogP contribution in [0.1, 0.15) is 25.7 Å². The molecule has 0 aromatic rings. The van der Waals surface area contributed by atoms with Crippen LogP contribution in [0.25, 0.3) is 0 Å². The monoisotopic (exact) mass is 237 g/mol. The van der Waals surface area contributed by atoms with E-state index in [9.17, 15) is 0 Å². The summed E-state index contributed by atoms with van der Waals surface area (Å²) in [6.45, 7) is 9.28. The van der Waals surface area contributed by atoms with Crippen LogP contribution in [0.4, 0.5) is 0 Å². The van der Waals surface area contributed by atoms with Crippen LogP contribution in [0.5, 0.6) is 0 Å². The summed E-state index contributed by atoms with van der Waals surface area (Å²) in [5.41, 5.74) is 0.712. The van der Waals surface area contributed by atoms with Crippen molar-refractivity contribution in [2.45, 2.75) is 25.7 Å². The number of hydrogen-bond donors (Lipinski definition) is 1. The van der Waals surface area contributed by atoms with E-state index in [4.69, 9.17) is 0 Å². The van der Waals surface area contributed by atoms with Gasteiger partial charge in [-0.3, -0.25) is 0 Å². The molecule has 0 aliphatic carbocycles. The molecular weight excluding hydrogens is 210 g/mol. The lowest BCUT2D eigenvalue weighted by molar-refractivity contribution is 0.0424. The minimum Gasteiger partial charge on any atom is -0.316 e. The maximum absolute atomic E-state index is 3.45. The maximum atomic E-state index is 3.45. The first-order chi connectivity index (χ1) is 8.26. The van der Waals surface area contributed by atoms with Gasteiger partial charge in [-0.1, -0.05) is 0 Å². The average molecular weight is 237 g/mol. The molecule has 0 atom stereocenters. The lowest BCUT2D eigenvalue weighted by Gasteiger charge is -2.49. The average Bonchev–Trinajstić information content (AvgIpc) is 2.31. The molecule has 3 nitrogen and oxygen atoms in total. The Bertz CT molecular complexity index is 244. The van der Waals surface area contributed by atoms with E-state index in [1.807, 2.05) is 0 Å². The Labute approximate surface area is 106 Å². The van der Waals surface area contributed by atoms with Crippen LogP contribution >= 0.6 is 0 Å². The number of hydrogen-bond acceptors (Lipinski definition) is 3. The van der Waals surface area contributed by atoms with Gasteiger partial charge in [-0.2, -0.15) is 0 Å². The molecule has 0 aromatic heterocycles. The van der Waals surface area contributed by atoms with Gasteiger partial charge in [0.1, 0.15) is 0 Å². The predicted molar refractivity (Wildman–Crippen MR) is 71.2 cm³/mol. The van der Waals surface area contributed by atoms with Gasteiger partial charge in [0.15, 0.2) is 0 Å². The third-order valence-electron chi connectivity index (χ3n) is 5.27. The Balaban J connectivity index is 1.41. The quantitative estimate of drug-likeness (QED) is 0.773. The minimum absolute atomic E-state index is 0.712. The molecule has 1 spiro atoms. The third-order valence-corrected chi connectivity index (χ3v) is 5.27. The molecule has 0 radical (unpaired) electrons. The smallest absolute Gasteiger partial charge is 0.00212 e. The van der Waals surface area contributed by atoms with E-state index in [0.29, 0.717) is 5.41 Å². The van der Waals surface area contributed by atoms with Gasteiger partial charge >= 0.3 is 0 Å². The van der Waals surface area contributed by atoms with Crippen molar-refractivity contribution < 1.29 is 0 Å². The van der Waals surface area contributed by atoms with Crippen LogP contribution in [0.15, 0.2) is 0 Å². The molecule has 3 heterocycles. The molecule has 0 unspecified atom stereocenters. The second kappa shape index (κ2) is 4.87. The van der Waals surface area contributed by atoms with Crippen molar-refractivity contribution in [3.8, 4) is 0 Å². The Hall–Kier alpha value is -0.120. The largest absolute Gasteiger partial charge is 0.316 e. The zero-order valence-electron chi connectivity index (χ0n) is 11.2. The van der Waals surface area contributed by atoms with E-state index < -0.39 is 0 Å². The Morgan fingerprint density at radius 3 is 2.24 bits per heavy atom. The van der Waals surface area contributed by atoms with Gasteiger partial charge in [-0.05, 0) is 70.2 Å². The van der Waals surface area contributed by atoms with E-state index >= 15 is 0 Å². The van der Waals surface area contributed by atoms with Gasteiger partial charge in [0.05, 0.1) is 0 Å². The number of likely N-dealkylation sites (tertiary alicyclic amines) is 2. The van der Waals surface area contributed by atoms with Gasteiger partial charge in [0, 0.05) is 19.6 Å². The molecule has 3 aliphatic heterocycles. The highest BCUT2D eigenvalue weighted by Gasteiger charge is 2.39. The summed E-state index contributed by atoms with van der Waals surface area (Å²) in [5.74, 6) is 0.972. The molecule has 3 heteroatoms. The number of piperidine rings is 2. The normalized spacial score (nSPS) is 31.6. The first-order valence-corrected chi connectivity index (χ1v) is 7.37. The molecule has 3 saturated heterocycles. The summed E-state index contributed by atoms with van der Waals surface area (Å²) < 4.78 is 0. The zero-order valence-corrected chi connectivity index (χ0v) is 11.2. The first kappa shape index (κ1) is 11.9. The van der Waals surface area contributed by atoms with Crippen molar-refractivity contribution in [2.24, 2.45) is 11.3 Å². The van der Waals surface area contributed by atoms with E-state index in [1.54, 1.807) is 0 Å². The maximum Gasteiger partial charge on any atom is 0.00212 e.